The van der Waals surface area contributed by atoms with E-state index in [1.807, 2.05) is 66.1 Å². The normalized spacial score (nSPS) is 11.0. The quantitative estimate of drug-likeness (QED) is 0.596. The van der Waals surface area contributed by atoms with E-state index < -0.39 is 0 Å². The summed E-state index contributed by atoms with van der Waals surface area (Å²) in [5, 5.41) is 4.01. The number of aryl methyl sites for hydroxylation is 1. The molecule has 5 heteroatoms. The van der Waals surface area contributed by atoms with Gasteiger partial charge in [-0.1, -0.05) is 24.3 Å². The Morgan fingerprint density at radius 3 is 2.73 bits per heavy atom. The molecule has 3 heterocycles. The molecule has 0 radical (unpaired) electrons. The molecule has 1 aromatic carbocycles. The molecule has 130 valence electrons. The van der Waals surface area contributed by atoms with Gasteiger partial charge in [0.25, 0.3) is 0 Å². The molecule has 4 rings (SSSR count). The zero-order valence-corrected chi connectivity index (χ0v) is 14.5. The first-order chi connectivity index (χ1) is 12.7. The molecule has 1 amide bonds. The number of carbonyl (C=O) groups is 1. The van der Waals surface area contributed by atoms with Gasteiger partial charge in [0.2, 0.25) is 5.91 Å². The molecule has 0 saturated carbocycles. The van der Waals surface area contributed by atoms with Crippen molar-refractivity contribution in [2.24, 2.45) is 0 Å². The smallest absolute Gasteiger partial charge is 0.240 e. The van der Waals surface area contributed by atoms with Crippen molar-refractivity contribution in [1.29, 1.82) is 0 Å². The van der Waals surface area contributed by atoms with Crippen LogP contribution in [0.3, 0.4) is 0 Å². The first-order valence-electron chi connectivity index (χ1n) is 8.52. The molecule has 0 fully saturated rings. The highest BCUT2D eigenvalue weighted by molar-refractivity contribution is 5.88. The molecule has 0 atom stereocenters. The fraction of sp³-hybridized carbons (Fsp3) is 0.143. The van der Waals surface area contributed by atoms with E-state index in [1.54, 1.807) is 6.20 Å². The van der Waals surface area contributed by atoms with E-state index in [-0.39, 0.29) is 12.5 Å². The lowest BCUT2D eigenvalue weighted by Gasteiger charge is -2.10. The summed E-state index contributed by atoms with van der Waals surface area (Å²) < 4.78 is 7.78. The second kappa shape index (κ2) is 6.88. The number of fused-ring (bicyclic) bond motifs is 1. The van der Waals surface area contributed by atoms with E-state index in [1.165, 1.54) is 0 Å². The lowest BCUT2D eigenvalue weighted by atomic mass is 10.2. The zero-order valence-electron chi connectivity index (χ0n) is 14.5. The Labute approximate surface area is 151 Å². The molecule has 4 aromatic rings. The summed E-state index contributed by atoms with van der Waals surface area (Å²) in [5.41, 5.74) is 2.73. The molecule has 3 aromatic heterocycles. The Bertz CT molecular complexity index is 1050. The van der Waals surface area contributed by atoms with Crippen molar-refractivity contribution in [1.82, 2.24) is 14.9 Å². The summed E-state index contributed by atoms with van der Waals surface area (Å²) in [6.45, 7) is 2.54. The Morgan fingerprint density at radius 1 is 1.12 bits per heavy atom. The molecule has 0 spiro atoms. The van der Waals surface area contributed by atoms with Crippen LogP contribution in [0.5, 0.6) is 0 Å². The van der Waals surface area contributed by atoms with Gasteiger partial charge >= 0.3 is 0 Å². The highest BCUT2D eigenvalue weighted by Gasteiger charge is 2.15. The summed E-state index contributed by atoms with van der Waals surface area (Å²) in [4.78, 5) is 16.8. The standard InChI is InChI=1S/C21H19N3O2/c1-15-9-10-20(26-15)19-12-16-6-2-3-8-18(16)24(19)14-21(25)23-13-17-7-4-5-11-22-17/h2-12H,13-14H2,1H3,(H,23,25). The molecule has 0 saturated heterocycles. The average Bonchev–Trinajstić information content (AvgIpc) is 3.25. The fourth-order valence-electron chi connectivity index (χ4n) is 3.05. The van der Waals surface area contributed by atoms with Crippen molar-refractivity contribution in [3.63, 3.8) is 0 Å². The second-order valence-electron chi connectivity index (χ2n) is 6.18. The van der Waals surface area contributed by atoms with Crippen LogP contribution in [0, 0.1) is 6.92 Å². The van der Waals surface area contributed by atoms with Crippen LogP contribution in [0.25, 0.3) is 22.4 Å². The van der Waals surface area contributed by atoms with Gasteiger partial charge < -0.3 is 14.3 Å². The Kier molecular flexibility index (Phi) is 4.27. The molecule has 0 aliphatic heterocycles. The third kappa shape index (κ3) is 3.24. The number of nitrogens with zero attached hydrogens (tertiary/aromatic N) is 2. The SMILES string of the molecule is Cc1ccc(-c2cc3ccccc3n2CC(=O)NCc2ccccn2)o1. The van der Waals surface area contributed by atoms with Crippen molar-refractivity contribution < 1.29 is 9.21 Å². The molecule has 0 aliphatic carbocycles. The van der Waals surface area contributed by atoms with Crippen LogP contribution in [0.15, 0.2) is 71.3 Å². The van der Waals surface area contributed by atoms with Crippen LogP contribution in [0.4, 0.5) is 0 Å². The number of nitrogens with one attached hydrogen (secondary N) is 1. The number of hydrogen-bond acceptors (Lipinski definition) is 3. The van der Waals surface area contributed by atoms with Crippen LogP contribution < -0.4 is 5.32 Å². The van der Waals surface area contributed by atoms with Gasteiger partial charge in [-0.15, -0.1) is 0 Å². The molecule has 0 aliphatic rings. The third-order valence-electron chi connectivity index (χ3n) is 4.30. The molecular formula is C21H19N3O2. The number of benzene rings is 1. The van der Waals surface area contributed by atoms with Gasteiger partial charge in [0, 0.05) is 17.1 Å². The number of furan rings is 1. The fourth-order valence-corrected chi connectivity index (χ4v) is 3.05. The molecule has 0 unspecified atom stereocenters. The van der Waals surface area contributed by atoms with Crippen molar-refractivity contribution in [2.45, 2.75) is 20.0 Å². The Balaban J connectivity index is 1.61. The van der Waals surface area contributed by atoms with Gasteiger partial charge in [-0.25, -0.2) is 0 Å². The summed E-state index contributed by atoms with van der Waals surface area (Å²) in [5.74, 6) is 1.54. The highest BCUT2D eigenvalue weighted by Crippen LogP contribution is 2.29. The van der Waals surface area contributed by atoms with E-state index in [4.69, 9.17) is 4.42 Å². The predicted molar refractivity (Wildman–Crippen MR) is 100 cm³/mol. The number of carbonyl (C=O) groups excluding carboxylic acids is 1. The van der Waals surface area contributed by atoms with Crippen molar-refractivity contribution in [2.75, 3.05) is 0 Å². The maximum Gasteiger partial charge on any atom is 0.240 e. The Morgan fingerprint density at radius 2 is 1.96 bits per heavy atom. The van der Waals surface area contributed by atoms with Gasteiger partial charge in [-0.2, -0.15) is 0 Å². The number of amides is 1. The lowest BCUT2D eigenvalue weighted by Crippen LogP contribution is -2.27. The summed E-state index contributed by atoms with van der Waals surface area (Å²) >= 11 is 0. The maximum absolute atomic E-state index is 12.5. The number of para-hydroxylation sites is 1. The van der Waals surface area contributed by atoms with E-state index in [0.29, 0.717) is 6.54 Å². The largest absolute Gasteiger partial charge is 0.460 e. The van der Waals surface area contributed by atoms with Crippen molar-refractivity contribution in [3.05, 3.63) is 78.3 Å². The third-order valence-corrected chi connectivity index (χ3v) is 4.30. The van der Waals surface area contributed by atoms with Gasteiger partial charge in [0.1, 0.15) is 12.3 Å². The highest BCUT2D eigenvalue weighted by atomic mass is 16.3. The van der Waals surface area contributed by atoms with E-state index in [0.717, 1.165) is 33.8 Å². The molecule has 1 N–H and O–H groups in total. The lowest BCUT2D eigenvalue weighted by molar-refractivity contribution is -0.121. The van der Waals surface area contributed by atoms with Crippen molar-refractivity contribution in [3.8, 4) is 11.5 Å². The second-order valence-corrected chi connectivity index (χ2v) is 6.18. The minimum Gasteiger partial charge on any atom is -0.460 e. The summed E-state index contributed by atoms with van der Waals surface area (Å²) in [7, 11) is 0. The Hall–Kier alpha value is -3.34. The van der Waals surface area contributed by atoms with Crippen LogP contribution in [-0.2, 0) is 17.9 Å². The molecule has 26 heavy (non-hydrogen) atoms. The molecular weight excluding hydrogens is 326 g/mol. The van der Waals surface area contributed by atoms with Gasteiger partial charge in [-0.3, -0.25) is 9.78 Å². The first-order valence-corrected chi connectivity index (χ1v) is 8.52. The number of pyridine rings is 1. The van der Waals surface area contributed by atoms with Gasteiger partial charge in [-0.05, 0) is 43.3 Å². The number of hydrogen-bond donors (Lipinski definition) is 1. The first kappa shape index (κ1) is 16.1. The van der Waals surface area contributed by atoms with E-state index in [2.05, 4.69) is 16.4 Å². The predicted octanol–water partition coefficient (Wildman–Crippen LogP) is 3.92. The summed E-state index contributed by atoms with van der Waals surface area (Å²) in [6, 6.07) is 19.6. The van der Waals surface area contributed by atoms with Crippen molar-refractivity contribution >= 4 is 16.8 Å². The zero-order chi connectivity index (χ0) is 17.9. The topological polar surface area (TPSA) is 60.1 Å². The van der Waals surface area contributed by atoms with Crippen LogP contribution in [0.1, 0.15) is 11.5 Å². The summed E-state index contributed by atoms with van der Waals surface area (Å²) in [6.07, 6.45) is 1.72. The number of aromatic nitrogens is 2. The molecule has 0 bridgehead atoms. The minimum atomic E-state index is -0.0680. The van der Waals surface area contributed by atoms with Crippen LogP contribution in [0.2, 0.25) is 0 Å². The number of rotatable bonds is 5. The average molecular weight is 345 g/mol. The van der Waals surface area contributed by atoms with E-state index in [9.17, 15) is 4.79 Å². The van der Waals surface area contributed by atoms with Crippen LogP contribution >= 0.6 is 0 Å². The van der Waals surface area contributed by atoms with Crippen LogP contribution in [-0.4, -0.2) is 15.5 Å². The molecule has 5 nitrogen and oxygen atoms in total. The minimum absolute atomic E-state index is 0.0680. The monoisotopic (exact) mass is 345 g/mol. The van der Waals surface area contributed by atoms with Gasteiger partial charge in [0.15, 0.2) is 5.76 Å². The van der Waals surface area contributed by atoms with E-state index >= 15 is 0 Å². The maximum atomic E-state index is 12.5. The van der Waals surface area contributed by atoms with Gasteiger partial charge in [0.05, 0.1) is 17.9 Å².